The van der Waals surface area contributed by atoms with Crippen LogP contribution in [-0.4, -0.2) is 25.0 Å². The smallest absolute Gasteiger partial charge is 0.188 e. The molecule has 33 heavy (non-hydrogen) atoms. The number of pyridine rings is 1. The number of nitrogens with zero attached hydrogens (tertiary/aromatic N) is 1. The SMILES string of the molecule is COc1cc(C=CC(=O)c2c(C)nc3ccc(Br)cc3c2-c2ccccc2)cc(Br)c1OC. The number of allylic oxidation sites excluding steroid dienone is 1. The van der Waals surface area contributed by atoms with Gasteiger partial charge in [0.15, 0.2) is 17.3 Å². The molecule has 0 bridgehead atoms. The van der Waals surface area contributed by atoms with Crippen LogP contribution in [0.1, 0.15) is 21.6 Å². The van der Waals surface area contributed by atoms with Gasteiger partial charge in [0.1, 0.15) is 0 Å². The molecule has 6 heteroatoms. The molecule has 0 unspecified atom stereocenters. The van der Waals surface area contributed by atoms with E-state index in [0.717, 1.165) is 36.5 Å². The Hall–Kier alpha value is -2.96. The Morgan fingerprint density at radius 1 is 0.970 bits per heavy atom. The maximum atomic E-state index is 13.5. The summed E-state index contributed by atoms with van der Waals surface area (Å²) in [6, 6.07) is 19.6. The monoisotopic (exact) mass is 565 g/mol. The number of methoxy groups -OCH3 is 2. The van der Waals surface area contributed by atoms with E-state index >= 15 is 0 Å². The molecule has 0 N–H and O–H groups in total. The molecule has 4 rings (SSSR count). The maximum Gasteiger partial charge on any atom is 0.188 e. The Bertz CT molecular complexity index is 1380. The number of carbonyl (C=O) groups excluding carboxylic acids is 1. The summed E-state index contributed by atoms with van der Waals surface area (Å²) in [7, 11) is 3.16. The number of aryl methyl sites for hydroxylation is 1. The minimum Gasteiger partial charge on any atom is -0.493 e. The first kappa shape index (κ1) is 23.2. The summed E-state index contributed by atoms with van der Waals surface area (Å²) < 4.78 is 12.5. The summed E-state index contributed by atoms with van der Waals surface area (Å²) in [6.07, 6.45) is 3.35. The highest BCUT2D eigenvalue weighted by Crippen LogP contribution is 2.37. The highest BCUT2D eigenvalue weighted by Gasteiger charge is 2.19. The third-order valence-electron chi connectivity index (χ3n) is 5.32. The first-order valence-electron chi connectivity index (χ1n) is 10.2. The largest absolute Gasteiger partial charge is 0.493 e. The van der Waals surface area contributed by atoms with Gasteiger partial charge in [-0.1, -0.05) is 52.3 Å². The normalized spacial score (nSPS) is 11.2. The third-order valence-corrected chi connectivity index (χ3v) is 6.40. The van der Waals surface area contributed by atoms with Crippen LogP contribution in [0.15, 0.2) is 75.7 Å². The highest BCUT2D eigenvalue weighted by atomic mass is 79.9. The molecule has 1 aromatic heterocycles. The van der Waals surface area contributed by atoms with Crippen LogP contribution in [0.2, 0.25) is 0 Å². The lowest BCUT2D eigenvalue weighted by atomic mass is 9.92. The van der Waals surface area contributed by atoms with E-state index in [1.807, 2.05) is 67.6 Å². The van der Waals surface area contributed by atoms with Crippen LogP contribution in [0.3, 0.4) is 0 Å². The van der Waals surface area contributed by atoms with Crippen molar-refractivity contribution in [2.45, 2.75) is 6.92 Å². The Labute approximate surface area is 209 Å². The Balaban J connectivity index is 1.85. The number of rotatable bonds is 6. The molecule has 0 spiro atoms. The van der Waals surface area contributed by atoms with E-state index < -0.39 is 0 Å². The number of hydrogen-bond acceptors (Lipinski definition) is 4. The zero-order valence-electron chi connectivity index (χ0n) is 18.4. The molecule has 0 amide bonds. The van der Waals surface area contributed by atoms with Crippen LogP contribution < -0.4 is 9.47 Å². The molecule has 0 aliphatic rings. The molecule has 166 valence electrons. The van der Waals surface area contributed by atoms with Crippen molar-refractivity contribution in [2.24, 2.45) is 0 Å². The lowest BCUT2D eigenvalue weighted by Crippen LogP contribution is -2.05. The van der Waals surface area contributed by atoms with Crippen molar-refractivity contribution in [3.8, 4) is 22.6 Å². The predicted octanol–water partition coefficient (Wildman–Crippen LogP) is 7.65. The van der Waals surface area contributed by atoms with Gasteiger partial charge in [-0.05, 0) is 70.4 Å². The van der Waals surface area contributed by atoms with Crippen molar-refractivity contribution < 1.29 is 14.3 Å². The highest BCUT2D eigenvalue weighted by molar-refractivity contribution is 9.10. The third kappa shape index (κ3) is 4.72. The maximum absolute atomic E-state index is 13.5. The summed E-state index contributed by atoms with van der Waals surface area (Å²) in [4.78, 5) is 18.2. The van der Waals surface area contributed by atoms with Gasteiger partial charge in [0.25, 0.3) is 0 Å². The van der Waals surface area contributed by atoms with Gasteiger partial charge in [-0.2, -0.15) is 0 Å². The zero-order valence-corrected chi connectivity index (χ0v) is 21.5. The number of hydrogen-bond donors (Lipinski definition) is 0. The Kier molecular flexibility index (Phi) is 6.96. The van der Waals surface area contributed by atoms with E-state index in [-0.39, 0.29) is 5.78 Å². The van der Waals surface area contributed by atoms with Crippen LogP contribution in [0.4, 0.5) is 0 Å². The minimum atomic E-state index is -0.119. The Morgan fingerprint density at radius 3 is 2.42 bits per heavy atom. The van der Waals surface area contributed by atoms with E-state index in [2.05, 4.69) is 31.9 Å². The van der Waals surface area contributed by atoms with Crippen molar-refractivity contribution in [3.05, 3.63) is 92.5 Å². The predicted molar refractivity (Wildman–Crippen MR) is 140 cm³/mol. The summed E-state index contributed by atoms with van der Waals surface area (Å²) in [6.45, 7) is 1.88. The fourth-order valence-corrected chi connectivity index (χ4v) is 4.84. The molecule has 4 aromatic rings. The number of benzene rings is 3. The average Bonchev–Trinajstić information content (AvgIpc) is 2.82. The molecule has 4 nitrogen and oxygen atoms in total. The standard InChI is InChI=1S/C27H21Br2NO3/c1-16-25(23(31)12-9-17-13-21(29)27(33-3)24(14-17)32-2)26(18-7-5-4-6-8-18)20-15-19(28)10-11-22(20)30-16/h4-15H,1-3H3. The number of ketones is 1. The van der Waals surface area contributed by atoms with E-state index in [1.54, 1.807) is 26.4 Å². The number of fused-ring (bicyclic) bond motifs is 1. The van der Waals surface area contributed by atoms with Crippen molar-refractivity contribution in [1.29, 1.82) is 0 Å². The molecule has 0 saturated heterocycles. The van der Waals surface area contributed by atoms with E-state index in [1.165, 1.54) is 0 Å². The van der Waals surface area contributed by atoms with E-state index in [0.29, 0.717) is 22.8 Å². The molecule has 0 radical (unpaired) electrons. The van der Waals surface area contributed by atoms with Crippen LogP contribution in [0, 0.1) is 6.92 Å². The van der Waals surface area contributed by atoms with Crippen LogP contribution in [-0.2, 0) is 0 Å². The second-order valence-corrected chi connectivity index (χ2v) is 9.18. The van der Waals surface area contributed by atoms with Crippen LogP contribution in [0.25, 0.3) is 28.1 Å². The van der Waals surface area contributed by atoms with Crippen molar-refractivity contribution in [2.75, 3.05) is 14.2 Å². The van der Waals surface area contributed by atoms with Gasteiger partial charge >= 0.3 is 0 Å². The average molecular weight is 567 g/mol. The number of carbonyl (C=O) groups is 1. The Morgan fingerprint density at radius 2 is 1.73 bits per heavy atom. The van der Waals surface area contributed by atoms with Gasteiger partial charge in [0.05, 0.1) is 29.8 Å². The summed E-state index contributed by atoms with van der Waals surface area (Å²) >= 11 is 7.06. The van der Waals surface area contributed by atoms with Crippen LogP contribution in [0.5, 0.6) is 11.5 Å². The topological polar surface area (TPSA) is 48.4 Å². The van der Waals surface area contributed by atoms with Crippen molar-refractivity contribution >= 4 is 54.6 Å². The first-order chi connectivity index (χ1) is 15.9. The zero-order chi connectivity index (χ0) is 23.5. The van der Waals surface area contributed by atoms with Crippen LogP contribution >= 0.6 is 31.9 Å². The first-order valence-corrected chi connectivity index (χ1v) is 11.8. The van der Waals surface area contributed by atoms with E-state index in [4.69, 9.17) is 14.5 Å². The lowest BCUT2D eigenvalue weighted by Gasteiger charge is -2.14. The number of aromatic nitrogens is 1. The lowest BCUT2D eigenvalue weighted by molar-refractivity contribution is 0.104. The fraction of sp³-hybridized carbons (Fsp3) is 0.111. The molecular weight excluding hydrogens is 546 g/mol. The molecule has 0 saturated carbocycles. The summed E-state index contributed by atoms with van der Waals surface area (Å²) in [5.41, 5.74) is 4.77. The number of halogens is 2. The van der Waals surface area contributed by atoms with Crippen molar-refractivity contribution in [3.63, 3.8) is 0 Å². The second-order valence-electron chi connectivity index (χ2n) is 7.41. The molecule has 1 heterocycles. The number of ether oxygens (including phenoxy) is 2. The second kappa shape index (κ2) is 9.89. The van der Waals surface area contributed by atoms with Gasteiger partial charge in [0.2, 0.25) is 0 Å². The molecular formula is C27H21Br2NO3. The molecule has 0 atom stereocenters. The molecule has 0 aliphatic heterocycles. The molecule has 0 fully saturated rings. The molecule has 0 aliphatic carbocycles. The van der Waals surface area contributed by atoms with Gasteiger partial charge < -0.3 is 9.47 Å². The van der Waals surface area contributed by atoms with Gasteiger partial charge in [-0.3, -0.25) is 9.78 Å². The van der Waals surface area contributed by atoms with Gasteiger partial charge in [-0.25, -0.2) is 0 Å². The quantitative estimate of drug-likeness (QED) is 0.178. The molecule has 3 aromatic carbocycles. The van der Waals surface area contributed by atoms with Gasteiger partial charge in [-0.15, -0.1) is 0 Å². The van der Waals surface area contributed by atoms with Crippen molar-refractivity contribution in [1.82, 2.24) is 4.98 Å². The fourth-order valence-electron chi connectivity index (χ4n) is 3.85. The van der Waals surface area contributed by atoms with E-state index in [9.17, 15) is 4.79 Å². The summed E-state index contributed by atoms with van der Waals surface area (Å²) in [5, 5.41) is 0.923. The minimum absolute atomic E-state index is 0.119. The summed E-state index contributed by atoms with van der Waals surface area (Å²) in [5.74, 6) is 1.07. The van der Waals surface area contributed by atoms with Gasteiger partial charge in [0, 0.05) is 21.1 Å².